The van der Waals surface area contributed by atoms with Crippen LogP contribution in [0.5, 0.6) is 0 Å². The van der Waals surface area contributed by atoms with E-state index >= 15 is 0 Å². The van der Waals surface area contributed by atoms with Crippen LogP contribution in [0, 0.1) is 0 Å². The zero-order valence-electron chi connectivity index (χ0n) is 13.4. The average molecular weight is 303 g/mol. The summed E-state index contributed by atoms with van der Waals surface area (Å²) in [4.78, 5) is 27.5. The highest BCUT2D eigenvalue weighted by Gasteiger charge is 2.18. The van der Waals surface area contributed by atoms with Crippen molar-refractivity contribution in [1.82, 2.24) is 14.7 Å². The second kappa shape index (κ2) is 11.5. The predicted molar refractivity (Wildman–Crippen MR) is 81.6 cm³/mol. The van der Waals surface area contributed by atoms with Crippen molar-refractivity contribution in [3.63, 3.8) is 0 Å². The number of hydrogen-bond acceptors (Lipinski definition) is 5. The lowest BCUT2D eigenvalue weighted by Crippen LogP contribution is -2.40. The Morgan fingerprint density at radius 1 is 0.762 bits per heavy atom. The summed E-state index contributed by atoms with van der Waals surface area (Å²) < 4.78 is 0. The van der Waals surface area contributed by atoms with Crippen molar-refractivity contribution < 1.29 is 19.8 Å². The summed E-state index contributed by atoms with van der Waals surface area (Å²) in [5, 5.41) is 17.7. The number of likely N-dealkylation sites (N-methyl/N-ethyl adjacent to an activating group) is 1. The maximum absolute atomic E-state index is 10.8. The van der Waals surface area contributed by atoms with E-state index in [-0.39, 0.29) is 13.1 Å². The third-order valence-corrected chi connectivity index (χ3v) is 3.36. The van der Waals surface area contributed by atoms with E-state index in [0.717, 1.165) is 19.6 Å². The topological polar surface area (TPSA) is 84.3 Å². The molecule has 0 radical (unpaired) electrons. The van der Waals surface area contributed by atoms with Gasteiger partial charge in [0.15, 0.2) is 0 Å². The standard InChI is InChI=1S/C12H23N3O4.C2H6/c1-2-13-3-5-14(9-11(16)17)7-8-15(6-4-13)10-12(18)19;1-2/h2-10H2,1H3,(H,16,17)(H,18,19);1-2H3. The number of nitrogens with zero attached hydrogens (tertiary/aromatic N) is 3. The lowest BCUT2D eigenvalue weighted by molar-refractivity contribution is -0.140. The fraction of sp³-hybridized carbons (Fsp3) is 0.857. The van der Waals surface area contributed by atoms with Crippen molar-refractivity contribution in [3.8, 4) is 0 Å². The van der Waals surface area contributed by atoms with E-state index in [1.54, 1.807) is 0 Å². The van der Waals surface area contributed by atoms with Crippen molar-refractivity contribution in [2.75, 3.05) is 58.9 Å². The van der Waals surface area contributed by atoms with E-state index in [9.17, 15) is 9.59 Å². The van der Waals surface area contributed by atoms with Crippen molar-refractivity contribution in [2.45, 2.75) is 20.8 Å². The monoisotopic (exact) mass is 303 g/mol. The molecule has 0 amide bonds. The summed E-state index contributed by atoms with van der Waals surface area (Å²) in [6, 6.07) is 0. The molecule has 0 aliphatic carbocycles. The molecule has 2 N–H and O–H groups in total. The SMILES string of the molecule is CC.CCN1CCN(CC(=O)O)CCN(CC(=O)O)CC1. The van der Waals surface area contributed by atoms with E-state index in [4.69, 9.17) is 10.2 Å². The molecule has 1 aliphatic rings. The van der Waals surface area contributed by atoms with Gasteiger partial charge in [-0.05, 0) is 6.54 Å². The molecule has 7 nitrogen and oxygen atoms in total. The van der Waals surface area contributed by atoms with E-state index in [1.807, 2.05) is 23.6 Å². The fourth-order valence-electron chi connectivity index (χ4n) is 2.20. The van der Waals surface area contributed by atoms with Crippen LogP contribution in [0.3, 0.4) is 0 Å². The molecule has 21 heavy (non-hydrogen) atoms. The summed E-state index contributed by atoms with van der Waals surface area (Å²) in [6.07, 6.45) is 0. The van der Waals surface area contributed by atoms with Gasteiger partial charge in [-0.1, -0.05) is 20.8 Å². The molecule has 0 unspecified atom stereocenters. The Hall–Kier alpha value is -1.18. The first-order chi connectivity index (χ1) is 10.0. The summed E-state index contributed by atoms with van der Waals surface area (Å²) in [5.41, 5.74) is 0. The minimum Gasteiger partial charge on any atom is -0.480 e. The smallest absolute Gasteiger partial charge is 0.317 e. The van der Waals surface area contributed by atoms with Gasteiger partial charge in [0.25, 0.3) is 0 Å². The van der Waals surface area contributed by atoms with Crippen molar-refractivity contribution in [1.29, 1.82) is 0 Å². The molecule has 1 rings (SSSR count). The van der Waals surface area contributed by atoms with Gasteiger partial charge < -0.3 is 15.1 Å². The van der Waals surface area contributed by atoms with Gasteiger partial charge in [0.05, 0.1) is 13.1 Å². The Labute approximate surface area is 127 Å². The van der Waals surface area contributed by atoms with Crippen molar-refractivity contribution in [3.05, 3.63) is 0 Å². The van der Waals surface area contributed by atoms with Crippen LogP contribution in [0.2, 0.25) is 0 Å². The predicted octanol–water partition coefficient (Wildman–Crippen LogP) is 0.121. The Morgan fingerprint density at radius 2 is 1.05 bits per heavy atom. The number of rotatable bonds is 5. The van der Waals surface area contributed by atoms with Crippen molar-refractivity contribution in [2.24, 2.45) is 0 Å². The largest absolute Gasteiger partial charge is 0.480 e. The highest BCUT2D eigenvalue weighted by Crippen LogP contribution is 2.00. The van der Waals surface area contributed by atoms with Crippen LogP contribution in [0.1, 0.15) is 20.8 Å². The van der Waals surface area contributed by atoms with Gasteiger partial charge in [-0.25, -0.2) is 0 Å². The molecule has 0 atom stereocenters. The number of carbonyl (C=O) groups is 2. The van der Waals surface area contributed by atoms with E-state index < -0.39 is 11.9 Å². The Morgan fingerprint density at radius 3 is 1.29 bits per heavy atom. The van der Waals surface area contributed by atoms with Gasteiger partial charge in [-0.3, -0.25) is 19.4 Å². The van der Waals surface area contributed by atoms with Crippen LogP contribution in [-0.4, -0.2) is 95.8 Å². The number of hydrogen-bond donors (Lipinski definition) is 2. The van der Waals surface area contributed by atoms with Crippen LogP contribution in [-0.2, 0) is 9.59 Å². The summed E-state index contributed by atoms with van der Waals surface area (Å²) >= 11 is 0. The quantitative estimate of drug-likeness (QED) is 0.746. The second-order valence-electron chi connectivity index (χ2n) is 4.77. The molecular formula is C14H29N3O4. The lowest BCUT2D eigenvalue weighted by atomic mass is 10.4. The normalized spacial score (nSPS) is 18.8. The van der Waals surface area contributed by atoms with Crippen LogP contribution in [0.4, 0.5) is 0 Å². The average Bonchev–Trinajstić information content (AvgIpc) is 2.52. The molecule has 0 aromatic heterocycles. The molecule has 1 fully saturated rings. The second-order valence-corrected chi connectivity index (χ2v) is 4.77. The molecule has 0 aromatic carbocycles. The van der Waals surface area contributed by atoms with E-state index in [2.05, 4.69) is 11.8 Å². The summed E-state index contributed by atoms with van der Waals surface area (Å²) in [6.45, 7) is 11.2. The van der Waals surface area contributed by atoms with E-state index in [0.29, 0.717) is 26.2 Å². The molecule has 7 heteroatoms. The number of carboxylic acids is 2. The zero-order valence-corrected chi connectivity index (χ0v) is 13.4. The molecule has 124 valence electrons. The lowest BCUT2D eigenvalue weighted by Gasteiger charge is -2.23. The summed E-state index contributed by atoms with van der Waals surface area (Å²) in [5.74, 6) is -1.68. The first kappa shape index (κ1) is 19.8. The van der Waals surface area contributed by atoms with Crippen LogP contribution < -0.4 is 0 Å². The molecule has 0 saturated carbocycles. The minimum absolute atomic E-state index is 0.0124. The number of carboxylic acid groups (broad SMARTS) is 2. The van der Waals surface area contributed by atoms with Gasteiger partial charge in [0.2, 0.25) is 0 Å². The Kier molecular flexibility index (Phi) is 10.8. The van der Waals surface area contributed by atoms with Gasteiger partial charge in [-0.15, -0.1) is 0 Å². The van der Waals surface area contributed by atoms with Gasteiger partial charge in [0.1, 0.15) is 0 Å². The molecule has 0 spiro atoms. The molecule has 0 aromatic rings. The highest BCUT2D eigenvalue weighted by atomic mass is 16.4. The molecule has 0 bridgehead atoms. The number of aliphatic carboxylic acids is 2. The molecular weight excluding hydrogens is 274 g/mol. The maximum atomic E-state index is 10.8. The zero-order chi connectivity index (χ0) is 16.3. The van der Waals surface area contributed by atoms with Gasteiger partial charge in [0, 0.05) is 39.3 Å². The Bertz CT molecular complexity index is 285. The maximum Gasteiger partial charge on any atom is 0.317 e. The summed E-state index contributed by atoms with van der Waals surface area (Å²) in [7, 11) is 0. The van der Waals surface area contributed by atoms with Crippen molar-refractivity contribution >= 4 is 11.9 Å². The highest BCUT2D eigenvalue weighted by molar-refractivity contribution is 5.69. The minimum atomic E-state index is -0.841. The fourth-order valence-corrected chi connectivity index (χ4v) is 2.20. The van der Waals surface area contributed by atoms with Gasteiger partial charge >= 0.3 is 11.9 Å². The van der Waals surface area contributed by atoms with Crippen LogP contribution in [0.25, 0.3) is 0 Å². The third-order valence-electron chi connectivity index (χ3n) is 3.36. The third kappa shape index (κ3) is 9.38. The molecule has 1 aliphatic heterocycles. The molecule has 1 heterocycles. The van der Waals surface area contributed by atoms with Crippen LogP contribution in [0.15, 0.2) is 0 Å². The van der Waals surface area contributed by atoms with Gasteiger partial charge in [-0.2, -0.15) is 0 Å². The first-order valence-corrected chi connectivity index (χ1v) is 7.62. The van der Waals surface area contributed by atoms with E-state index in [1.165, 1.54) is 0 Å². The first-order valence-electron chi connectivity index (χ1n) is 7.62. The Balaban J connectivity index is 0.00000191. The van der Waals surface area contributed by atoms with Crippen LogP contribution >= 0.6 is 0 Å². The molecule has 1 saturated heterocycles.